The van der Waals surface area contributed by atoms with Crippen LogP contribution in [-0.4, -0.2) is 26.9 Å². The number of amides is 1. The number of nitrogens with zero attached hydrogens (tertiary/aromatic N) is 4. The van der Waals surface area contributed by atoms with Gasteiger partial charge in [0, 0.05) is 12.2 Å². The quantitative estimate of drug-likeness (QED) is 0.742. The van der Waals surface area contributed by atoms with Crippen LogP contribution < -0.4 is 4.90 Å². The fourth-order valence-corrected chi connectivity index (χ4v) is 2.33. The van der Waals surface area contributed by atoms with Gasteiger partial charge in [0.2, 0.25) is 0 Å². The van der Waals surface area contributed by atoms with Gasteiger partial charge in [0.1, 0.15) is 11.2 Å². The molecule has 0 aliphatic heterocycles. The molecule has 4 rings (SSSR count). The van der Waals surface area contributed by atoms with Gasteiger partial charge in [-0.2, -0.15) is 4.98 Å². The van der Waals surface area contributed by atoms with Crippen LogP contribution in [-0.2, 0) is 0 Å². The second-order valence-corrected chi connectivity index (χ2v) is 5.41. The maximum atomic E-state index is 12.7. The fourth-order valence-electron chi connectivity index (χ4n) is 2.33. The Labute approximate surface area is 126 Å². The predicted molar refractivity (Wildman–Crippen MR) is 80.6 cm³/mol. The summed E-state index contributed by atoms with van der Waals surface area (Å²) in [5.41, 5.74) is 2.49. The number of oxazole rings is 1. The van der Waals surface area contributed by atoms with Crippen molar-refractivity contribution in [1.29, 1.82) is 0 Å². The standard InChI is InChI=1S/C16H14N4O2/c1-10-8-18-13(9-17-10)15(21)20(11-6-7-11)16-19-12-4-2-3-5-14(12)22-16/h2-5,8-9,11H,6-7H2,1H3. The Morgan fingerprint density at radius 3 is 2.73 bits per heavy atom. The van der Waals surface area contributed by atoms with E-state index in [1.807, 2.05) is 31.2 Å². The summed E-state index contributed by atoms with van der Waals surface area (Å²) < 4.78 is 5.74. The lowest BCUT2D eigenvalue weighted by Gasteiger charge is -2.17. The van der Waals surface area contributed by atoms with Gasteiger partial charge < -0.3 is 4.42 Å². The van der Waals surface area contributed by atoms with E-state index >= 15 is 0 Å². The Morgan fingerprint density at radius 2 is 2.05 bits per heavy atom. The third kappa shape index (κ3) is 2.22. The van der Waals surface area contributed by atoms with Gasteiger partial charge in [-0.15, -0.1) is 0 Å². The van der Waals surface area contributed by atoms with Crippen LogP contribution in [0.25, 0.3) is 11.1 Å². The summed E-state index contributed by atoms with van der Waals surface area (Å²) in [6.45, 7) is 1.83. The van der Waals surface area contributed by atoms with Crippen LogP contribution in [0.5, 0.6) is 0 Å². The van der Waals surface area contributed by atoms with E-state index in [2.05, 4.69) is 15.0 Å². The molecule has 1 fully saturated rings. The maximum absolute atomic E-state index is 12.7. The molecule has 0 radical (unpaired) electrons. The minimum absolute atomic E-state index is 0.128. The molecule has 1 aromatic carbocycles. The van der Waals surface area contributed by atoms with Crippen LogP contribution in [0.1, 0.15) is 29.0 Å². The third-order valence-electron chi connectivity index (χ3n) is 3.62. The highest BCUT2D eigenvalue weighted by atomic mass is 16.4. The zero-order chi connectivity index (χ0) is 15.1. The molecule has 2 aromatic heterocycles. The molecule has 110 valence electrons. The summed E-state index contributed by atoms with van der Waals surface area (Å²) in [6.07, 6.45) is 4.98. The van der Waals surface area contributed by atoms with Gasteiger partial charge in [-0.1, -0.05) is 12.1 Å². The summed E-state index contributed by atoms with van der Waals surface area (Å²) in [5.74, 6) is -0.221. The molecule has 1 saturated carbocycles. The molecule has 6 nitrogen and oxygen atoms in total. The van der Waals surface area contributed by atoms with Crippen LogP contribution in [0.3, 0.4) is 0 Å². The largest absolute Gasteiger partial charge is 0.423 e. The topological polar surface area (TPSA) is 72.1 Å². The van der Waals surface area contributed by atoms with Gasteiger partial charge in [0.05, 0.1) is 11.9 Å². The number of hydrogen-bond donors (Lipinski definition) is 0. The van der Waals surface area contributed by atoms with Crippen molar-refractivity contribution in [2.24, 2.45) is 0 Å². The van der Waals surface area contributed by atoms with Crippen molar-refractivity contribution < 1.29 is 9.21 Å². The minimum atomic E-state index is -0.221. The molecule has 3 aromatic rings. The molecule has 0 spiro atoms. The molecule has 0 N–H and O–H groups in total. The molecule has 2 heterocycles. The smallest absolute Gasteiger partial charge is 0.305 e. The summed E-state index contributed by atoms with van der Waals surface area (Å²) >= 11 is 0. The number of anilines is 1. The molecular formula is C16H14N4O2. The Bertz CT molecular complexity index is 804. The first-order valence-electron chi connectivity index (χ1n) is 7.20. The van der Waals surface area contributed by atoms with Gasteiger partial charge in [-0.05, 0) is 31.9 Å². The van der Waals surface area contributed by atoms with Crippen molar-refractivity contribution in [3.05, 3.63) is 48.0 Å². The van der Waals surface area contributed by atoms with E-state index in [0.29, 0.717) is 17.3 Å². The van der Waals surface area contributed by atoms with Gasteiger partial charge in [-0.3, -0.25) is 14.7 Å². The lowest BCUT2D eigenvalue weighted by atomic mass is 10.3. The first-order chi connectivity index (χ1) is 10.7. The van der Waals surface area contributed by atoms with Gasteiger partial charge in [0.15, 0.2) is 5.58 Å². The van der Waals surface area contributed by atoms with E-state index in [0.717, 1.165) is 24.1 Å². The van der Waals surface area contributed by atoms with Gasteiger partial charge in [0.25, 0.3) is 5.91 Å². The number of carbonyl (C=O) groups is 1. The zero-order valence-electron chi connectivity index (χ0n) is 12.1. The first-order valence-corrected chi connectivity index (χ1v) is 7.20. The van der Waals surface area contributed by atoms with E-state index < -0.39 is 0 Å². The van der Waals surface area contributed by atoms with Crippen molar-refractivity contribution >= 4 is 23.0 Å². The number of aryl methyl sites for hydroxylation is 1. The Hall–Kier alpha value is -2.76. The van der Waals surface area contributed by atoms with E-state index in [-0.39, 0.29) is 11.9 Å². The molecule has 0 unspecified atom stereocenters. The highest BCUT2D eigenvalue weighted by molar-refractivity contribution is 6.04. The van der Waals surface area contributed by atoms with E-state index in [4.69, 9.17) is 4.42 Å². The monoisotopic (exact) mass is 294 g/mol. The van der Waals surface area contributed by atoms with Crippen LogP contribution in [0.15, 0.2) is 41.1 Å². The molecular weight excluding hydrogens is 280 g/mol. The highest BCUT2D eigenvalue weighted by Gasteiger charge is 2.37. The summed E-state index contributed by atoms with van der Waals surface area (Å²) in [5, 5.41) is 0. The molecule has 0 bridgehead atoms. The van der Waals surface area contributed by atoms with Crippen molar-refractivity contribution in [2.45, 2.75) is 25.8 Å². The molecule has 6 heteroatoms. The lowest BCUT2D eigenvalue weighted by molar-refractivity contribution is 0.0975. The molecule has 1 aliphatic carbocycles. The summed E-state index contributed by atoms with van der Waals surface area (Å²) in [6, 6.07) is 7.94. The molecule has 0 saturated heterocycles. The van der Waals surface area contributed by atoms with Crippen molar-refractivity contribution in [2.75, 3.05) is 4.90 Å². The summed E-state index contributed by atoms with van der Waals surface area (Å²) in [4.78, 5) is 27.1. The average Bonchev–Trinajstić information content (AvgIpc) is 3.26. The molecule has 22 heavy (non-hydrogen) atoms. The predicted octanol–water partition coefficient (Wildman–Crippen LogP) is 2.74. The number of para-hydroxylation sites is 2. The second-order valence-electron chi connectivity index (χ2n) is 5.41. The van der Waals surface area contributed by atoms with E-state index in [1.165, 1.54) is 6.20 Å². The van der Waals surface area contributed by atoms with Crippen molar-refractivity contribution in [3.63, 3.8) is 0 Å². The number of carbonyl (C=O) groups excluding carboxylic acids is 1. The normalized spacial score (nSPS) is 14.2. The lowest BCUT2D eigenvalue weighted by Crippen LogP contribution is -2.34. The summed E-state index contributed by atoms with van der Waals surface area (Å²) in [7, 11) is 0. The average molecular weight is 294 g/mol. The Kier molecular flexibility index (Phi) is 2.89. The number of benzene rings is 1. The second kappa shape index (κ2) is 4.91. The van der Waals surface area contributed by atoms with Crippen LogP contribution in [0.4, 0.5) is 6.01 Å². The fraction of sp³-hybridized carbons (Fsp3) is 0.250. The minimum Gasteiger partial charge on any atom is -0.423 e. The molecule has 1 amide bonds. The molecule has 0 atom stereocenters. The van der Waals surface area contributed by atoms with Crippen molar-refractivity contribution in [3.8, 4) is 0 Å². The Balaban J connectivity index is 1.74. The van der Waals surface area contributed by atoms with E-state index in [9.17, 15) is 4.79 Å². The van der Waals surface area contributed by atoms with Gasteiger partial charge >= 0.3 is 6.01 Å². The zero-order valence-corrected chi connectivity index (χ0v) is 12.1. The third-order valence-corrected chi connectivity index (χ3v) is 3.62. The number of hydrogen-bond acceptors (Lipinski definition) is 5. The Morgan fingerprint density at radius 1 is 1.23 bits per heavy atom. The van der Waals surface area contributed by atoms with Crippen LogP contribution in [0, 0.1) is 6.92 Å². The maximum Gasteiger partial charge on any atom is 0.305 e. The number of aromatic nitrogens is 3. The first kappa shape index (κ1) is 12.9. The van der Waals surface area contributed by atoms with Crippen LogP contribution >= 0.6 is 0 Å². The number of fused-ring (bicyclic) bond motifs is 1. The van der Waals surface area contributed by atoms with Gasteiger partial charge in [-0.25, -0.2) is 4.98 Å². The van der Waals surface area contributed by atoms with Crippen molar-refractivity contribution in [1.82, 2.24) is 15.0 Å². The van der Waals surface area contributed by atoms with E-state index in [1.54, 1.807) is 11.1 Å². The highest BCUT2D eigenvalue weighted by Crippen LogP contribution is 2.33. The number of rotatable bonds is 3. The van der Waals surface area contributed by atoms with Crippen LogP contribution in [0.2, 0.25) is 0 Å². The SMILES string of the molecule is Cc1cnc(C(=O)N(c2nc3ccccc3o2)C2CC2)cn1. The molecule has 1 aliphatic rings.